The molecule has 12 heavy (non-hydrogen) atoms. The average Bonchev–Trinajstić information content (AvgIpc) is 2.09. The van der Waals surface area contributed by atoms with E-state index in [4.69, 9.17) is 16.3 Å². The highest BCUT2D eigenvalue weighted by Crippen LogP contribution is 2.29. The predicted octanol–water partition coefficient (Wildman–Crippen LogP) is 2.92. The van der Waals surface area contributed by atoms with Crippen LogP contribution in [0.4, 0.5) is 0 Å². The van der Waals surface area contributed by atoms with E-state index in [1.54, 1.807) is 12.1 Å². The zero-order valence-corrected chi connectivity index (χ0v) is 8.65. The van der Waals surface area contributed by atoms with Gasteiger partial charge in [0, 0.05) is 10.0 Å². The van der Waals surface area contributed by atoms with Crippen LogP contribution >= 0.6 is 27.5 Å². The second-order valence-corrected chi connectivity index (χ2v) is 3.36. The van der Waals surface area contributed by atoms with Gasteiger partial charge in [0.15, 0.2) is 6.29 Å². The Morgan fingerprint density at radius 3 is 2.75 bits per heavy atom. The molecular formula is C8H6BrClO2. The number of hydrogen-bond acceptors (Lipinski definition) is 2. The van der Waals surface area contributed by atoms with Crippen LogP contribution in [0.1, 0.15) is 10.4 Å². The summed E-state index contributed by atoms with van der Waals surface area (Å²) in [4.78, 5) is 10.5. The summed E-state index contributed by atoms with van der Waals surface area (Å²) in [7, 11) is 1.53. The van der Waals surface area contributed by atoms with Gasteiger partial charge in [-0.25, -0.2) is 0 Å². The first kappa shape index (κ1) is 9.55. The van der Waals surface area contributed by atoms with Crippen molar-refractivity contribution < 1.29 is 9.53 Å². The normalized spacial score (nSPS) is 9.58. The molecule has 1 aromatic carbocycles. The minimum atomic E-state index is 0.408. The Kier molecular flexibility index (Phi) is 3.12. The van der Waals surface area contributed by atoms with Crippen LogP contribution < -0.4 is 4.74 Å². The minimum Gasteiger partial charge on any atom is -0.497 e. The van der Waals surface area contributed by atoms with Gasteiger partial charge in [-0.15, -0.1) is 0 Å². The summed E-state index contributed by atoms with van der Waals surface area (Å²) in [6.07, 6.45) is 0.690. The SMILES string of the molecule is COc1cc(Br)c(Cl)c(C=O)c1. The Balaban J connectivity index is 3.28. The molecule has 0 N–H and O–H groups in total. The number of benzene rings is 1. The maximum Gasteiger partial charge on any atom is 0.151 e. The van der Waals surface area contributed by atoms with Gasteiger partial charge in [-0.2, -0.15) is 0 Å². The van der Waals surface area contributed by atoms with E-state index >= 15 is 0 Å². The third-order valence-corrected chi connectivity index (χ3v) is 2.67. The zero-order valence-electron chi connectivity index (χ0n) is 6.30. The molecular weight excluding hydrogens is 243 g/mol. The molecule has 0 aromatic heterocycles. The maximum absolute atomic E-state index is 10.5. The lowest BCUT2D eigenvalue weighted by Gasteiger charge is -2.03. The van der Waals surface area contributed by atoms with Crippen LogP contribution in [0.3, 0.4) is 0 Å². The van der Waals surface area contributed by atoms with Gasteiger partial charge < -0.3 is 4.74 Å². The number of rotatable bonds is 2. The molecule has 2 nitrogen and oxygen atoms in total. The lowest BCUT2D eigenvalue weighted by Crippen LogP contribution is -1.88. The maximum atomic E-state index is 10.5. The van der Waals surface area contributed by atoms with E-state index in [0.29, 0.717) is 27.1 Å². The van der Waals surface area contributed by atoms with Crippen molar-refractivity contribution in [3.63, 3.8) is 0 Å². The van der Waals surface area contributed by atoms with Crippen LogP contribution in [0.2, 0.25) is 5.02 Å². The molecule has 0 aliphatic carbocycles. The van der Waals surface area contributed by atoms with Crippen molar-refractivity contribution in [3.8, 4) is 5.75 Å². The van der Waals surface area contributed by atoms with E-state index in [1.165, 1.54) is 7.11 Å². The number of hydrogen-bond donors (Lipinski definition) is 0. The summed E-state index contributed by atoms with van der Waals surface area (Å²) in [5, 5.41) is 0.408. The first-order valence-electron chi connectivity index (χ1n) is 3.17. The molecule has 0 aliphatic rings. The first-order chi connectivity index (χ1) is 5.69. The van der Waals surface area contributed by atoms with Crippen molar-refractivity contribution in [2.75, 3.05) is 7.11 Å². The fourth-order valence-electron chi connectivity index (χ4n) is 0.788. The third kappa shape index (κ3) is 1.79. The van der Waals surface area contributed by atoms with Crippen LogP contribution in [-0.4, -0.2) is 13.4 Å². The Morgan fingerprint density at radius 1 is 1.58 bits per heavy atom. The number of aldehydes is 1. The molecule has 0 atom stereocenters. The average molecular weight is 249 g/mol. The first-order valence-corrected chi connectivity index (χ1v) is 4.34. The zero-order chi connectivity index (χ0) is 9.14. The molecule has 0 amide bonds. The van der Waals surface area contributed by atoms with E-state index in [1.807, 2.05) is 0 Å². The van der Waals surface area contributed by atoms with Gasteiger partial charge in [-0.3, -0.25) is 4.79 Å². The van der Waals surface area contributed by atoms with Crippen LogP contribution in [0, 0.1) is 0 Å². The van der Waals surface area contributed by atoms with Crippen molar-refractivity contribution in [3.05, 3.63) is 27.2 Å². The van der Waals surface area contributed by atoms with E-state index in [0.717, 1.165) is 0 Å². The van der Waals surface area contributed by atoms with Crippen LogP contribution in [-0.2, 0) is 0 Å². The van der Waals surface area contributed by atoms with Crippen LogP contribution in [0.15, 0.2) is 16.6 Å². The molecule has 0 radical (unpaired) electrons. The molecule has 1 aromatic rings. The predicted molar refractivity (Wildman–Crippen MR) is 51.1 cm³/mol. The Labute approximate surface area is 83.6 Å². The van der Waals surface area contributed by atoms with Gasteiger partial charge in [0.25, 0.3) is 0 Å². The van der Waals surface area contributed by atoms with Gasteiger partial charge in [0.05, 0.1) is 12.1 Å². The highest BCUT2D eigenvalue weighted by molar-refractivity contribution is 9.10. The van der Waals surface area contributed by atoms with E-state index in [2.05, 4.69) is 15.9 Å². The van der Waals surface area contributed by atoms with Gasteiger partial charge >= 0.3 is 0 Å². The molecule has 0 fully saturated rings. The Morgan fingerprint density at radius 2 is 2.25 bits per heavy atom. The molecule has 0 saturated carbocycles. The molecule has 64 valence electrons. The Hall–Kier alpha value is -0.540. The van der Waals surface area contributed by atoms with Crippen molar-refractivity contribution in [2.45, 2.75) is 0 Å². The lowest BCUT2D eigenvalue weighted by molar-refractivity contribution is 0.112. The molecule has 0 spiro atoms. The molecule has 0 saturated heterocycles. The topological polar surface area (TPSA) is 26.3 Å². The summed E-state index contributed by atoms with van der Waals surface area (Å²) in [6, 6.07) is 3.29. The lowest BCUT2D eigenvalue weighted by atomic mass is 10.2. The number of methoxy groups -OCH3 is 1. The number of carbonyl (C=O) groups is 1. The summed E-state index contributed by atoms with van der Waals surface area (Å²) >= 11 is 9.00. The van der Waals surface area contributed by atoms with Gasteiger partial charge in [0.2, 0.25) is 0 Å². The second-order valence-electron chi connectivity index (χ2n) is 2.13. The summed E-state index contributed by atoms with van der Waals surface area (Å²) in [5.41, 5.74) is 0.419. The minimum absolute atomic E-state index is 0.408. The van der Waals surface area contributed by atoms with Crippen molar-refractivity contribution in [2.24, 2.45) is 0 Å². The van der Waals surface area contributed by atoms with Crippen molar-refractivity contribution in [1.82, 2.24) is 0 Å². The summed E-state index contributed by atoms with van der Waals surface area (Å²) < 4.78 is 5.60. The Bertz CT molecular complexity index is 312. The van der Waals surface area contributed by atoms with E-state index < -0.39 is 0 Å². The standard InChI is InChI=1S/C8H6BrClO2/c1-12-6-2-5(4-11)8(10)7(9)3-6/h2-4H,1H3. The summed E-state index contributed by atoms with van der Waals surface area (Å²) in [5.74, 6) is 0.605. The molecule has 0 heterocycles. The highest BCUT2D eigenvalue weighted by Gasteiger charge is 2.06. The number of carbonyl (C=O) groups excluding carboxylic acids is 1. The smallest absolute Gasteiger partial charge is 0.151 e. The quantitative estimate of drug-likeness (QED) is 0.753. The van der Waals surface area contributed by atoms with Crippen molar-refractivity contribution >= 4 is 33.8 Å². The second kappa shape index (κ2) is 3.92. The van der Waals surface area contributed by atoms with Crippen LogP contribution in [0.25, 0.3) is 0 Å². The largest absolute Gasteiger partial charge is 0.497 e. The van der Waals surface area contributed by atoms with E-state index in [9.17, 15) is 4.79 Å². The number of ether oxygens (including phenoxy) is 1. The third-order valence-electron chi connectivity index (χ3n) is 1.39. The van der Waals surface area contributed by atoms with Crippen LogP contribution in [0.5, 0.6) is 5.75 Å². The van der Waals surface area contributed by atoms with E-state index in [-0.39, 0.29) is 0 Å². The molecule has 1 rings (SSSR count). The molecule has 4 heteroatoms. The molecule has 0 bridgehead atoms. The van der Waals surface area contributed by atoms with Gasteiger partial charge in [-0.05, 0) is 28.1 Å². The number of halogens is 2. The fraction of sp³-hybridized carbons (Fsp3) is 0.125. The molecule has 0 aliphatic heterocycles. The fourth-order valence-corrected chi connectivity index (χ4v) is 1.40. The highest BCUT2D eigenvalue weighted by atomic mass is 79.9. The van der Waals surface area contributed by atoms with Crippen molar-refractivity contribution in [1.29, 1.82) is 0 Å². The summed E-state index contributed by atoms with van der Waals surface area (Å²) in [6.45, 7) is 0. The van der Waals surface area contributed by atoms with Gasteiger partial charge in [-0.1, -0.05) is 11.6 Å². The molecule has 0 unspecified atom stereocenters. The monoisotopic (exact) mass is 248 g/mol. The van der Waals surface area contributed by atoms with Gasteiger partial charge in [0.1, 0.15) is 5.75 Å².